The van der Waals surface area contributed by atoms with Crippen LogP contribution >= 0.6 is 11.8 Å². The Morgan fingerprint density at radius 1 is 1.28 bits per heavy atom. The molecule has 0 aliphatic carbocycles. The maximum atomic E-state index is 11.6. The van der Waals surface area contributed by atoms with Gasteiger partial charge >= 0.3 is 11.7 Å². The minimum atomic E-state index is -0.543. The summed E-state index contributed by atoms with van der Waals surface area (Å²) in [6.45, 7) is 1.58. The lowest BCUT2D eigenvalue weighted by Crippen LogP contribution is -2.13. The highest BCUT2D eigenvalue weighted by molar-refractivity contribution is 7.98. The van der Waals surface area contributed by atoms with E-state index in [0.29, 0.717) is 16.2 Å². The van der Waals surface area contributed by atoms with Gasteiger partial charge in [-0.3, -0.25) is 14.9 Å². The molecular formula is C18H18N4O6S. The van der Waals surface area contributed by atoms with E-state index in [1.807, 2.05) is 24.3 Å². The van der Waals surface area contributed by atoms with Crippen molar-refractivity contribution in [2.45, 2.75) is 17.6 Å². The van der Waals surface area contributed by atoms with Crippen LogP contribution in [0.5, 0.6) is 5.75 Å². The Morgan fingerprint density at radius 3 is 2.66 bits per heavy atom. The highest BCUT2D eigenvalue weighted by Crippen LogP contribution is 2.39. The summed E-state index contributed by atoms with van der Waals surface area (Å²) < 4.78 is 14.8. The van der Waals surface area contributed by atoms with E-state index in [1.54, 1.807) is 13.2 Å². The fraction of sp³-hybridized carbons (Fsp3) is 0.278. The van der Waals surface area contributed by atoms with Crippen LogP contribution in [0.3, 0.4) is 0 Å². The molecule has 0 atom stereocenters. The fourth-order valence-corrected chi connectivity index (χ4v) is 3.58. The molecule has 1 aromatic heterocycles. The number of esters is 1. The van der Waals surface area contributed by atoms with Gasteiger partial charge in [0.2, 0.25) is 5.52 Å². The Bertz CT molecular complexity index is 1020. The van der Waals surface area contributed by atoms with Gasteiger partial charge in [0.15, 0.2) is 5.52 Å². The Hall–Kier alpha value is -3.34. The molecule has 0 amide bonds. The summed E-state index contributed by atoms with van der Waals surface area (Å²) in [6.07, 6.45) is 0. The number of hydrogen-bond donors (Lipinski definition) is 1. The average Bonchev–Trinajstić information content (AvgIpc) is 3.18. The van der Waals surface area contributed by atoms with E-state index in [0.717, 1.165) is 11.3 Å². The first-order valence-corrected chi connectivity index (χ1v) is 9.54. The number of nitro benzene ring substituents is 1. The molecule has 152 valence electrons. The van der Waals surface area contributed by atoms with Gasteiger partial charge in [-0.05, 0) is 34.1 Å². The summed E-state index contributed by atoms with van der Waals surface area (Å²) in [5.74, 6) is 0.945. The monoisotopic (exact) mass is 418 g/mol. The van der Waals surface area contributed by atoms with Crippen molar-refractivity contribution < 1.29 is 23.8 Å². The van der Waals surface area contributed by atoms with Crippen LogP contribution in [-0.4, -0.2) is 41.5 Å². The number of hydrogen-bond acceptors (Lipinski definition) is 10. The highest BCUT2D eigenvalue weighted by Gasteiger charge is 2.25. The number of anilines is 1. The number of fused-ring (bicyclic) bond motifs is 1. The minimum Gasteiger partial charge on any atom is -0.497 e. The topological polar surface area (TPSA) is 130 Å². The molecule has 0 radical (unpaired) electrons. The first-order chi connectivity index (χ1) is 14.0. The van der Waals surface area contributed by atoms with Gasteiger partial charge in [-0.1, -0.05) is 12.1 Å². The van der Waals surface area contributed by atoms with Crippen molar-refractivity contribution in [3.05, 3.63) is 46.0 Å². The van der Waals surface area contributed by atoms with Crippen molar-refractivity contribution in [3.8, 4) is 5.75 Å². The van der Waals surface area contributed by atoms with Crippen LogP contribution in [0.15, 0.2) is 39.9 Å². The molecule has 3 aromatic rings. The molecular weight excluding hydrogens is 400 g/mol. The number of thioether (sulfide) groups is 1. The molecule has 29 heavy (non-hydrogen) atoms. The smallest absolute Gasteiger partial charge is 0.323 e. The van der Waals surface area contributed by atoms with E-state index < -0.39 is 10.9 Å². The molecule has 0 saturated carbocycles. The predicted octanol–water partition coefficient (Wildman–Crippen LogP) is 3.41. The molecule has 11 heteroatoms. The molecule has 1 heterocycles. The average molecular weight is 418 g/mol. The normalized spacial score (nSPS) is 10.7. The highest BCUT2D eigenvalue weighted by atomic mass is 32.2. The van der Waals surface area contributed by atoms with Crippen LogP contribution in [0, 0.1) is 10.1 Å². The van der Waals surface area contributed by atoms with Gasteiger partial charge in [-0.25, -0.2) is 4.63 Å². The summed E-state index contributed by atoms with van der Waals surface area (Å²) in [5, 5.41) is 22.1. The number of benzene rings is 2. The molecule has 10 nitrogen and oxygen atoms in total. The third-order valence-corrected chi connectivity index (χ3v) is 5.04. The van der Waals surface area contributed by atoms with Crippen molar-refractivity contribution >= 4 is 40.1 Å². The lowest BCUT2D eigenvalue weighted by atomic mass is 10.2. The molecule has 0 aliphatic heterocycles. The van der Waals surface area contributed by atoms with E-state index >= 15 is 0 Å². The second-order valence-electron chi connectivity index (χ2n) is 5.89. The molecule has 3 rings (SSSR count). The van der Waals surface area contributed by atoms with Gasteiger partial charge in [-0.2, -0.15) is 0 Å². The van der Waals surface area contributed by atoms with Crippen molar-refractivity contribution in [2.24, 2.45) is 0 Å². The van der Waals surface area contributed by atoms with E-state index in [-0.39, 0.29) is 30.0 Å². The number of methoxy groups -OCH3 is 1. The number of nitrogens with zero attached hydrogens (tertiary/aromatic N) is 3. The third kappa shape index (κ3) is 4.93. The Kier molecular flexibility index (Phi) is 6.50. The lowest BCUT2D eigenvalue weighted by molar-refractivity contribution is -0.382. The van der Waals surface area contributed by atoms with Crippen LogP contribution < -0.4 is 10.1 Å². The molecule has 2 aromatic carbocycles. The molecule has 0 unspecified atom stereocenters. The number of aromatic nitrogens is 2. The predicted molar refractivity (Wildman–Crippen MR) is 106 cm³/mol. The summed E-state index contributed by atoms with van der Waals surface area (Å²) >= 11 is 1.45. The molecule has 0 saturated heterocycles. The van der Waals surface area contributed by atoms with Gasteiger partial charge in [0.1, 0.15) is 18.0 Å². The van der Waals surface area contributed by atoms with Crippen molar-refractivity contribution in [1.29, 1.82) is 0 Å². The van der Waals surface area contributed by atoms with Gasteiger partial charge in [0.25, 0.3) is 0 Å². The number of ether oxygens (including phenoxy) is 2. The van der Waals surface area contributed by atoms with Gasteiger partial charge in [0, 0.05) is 24.1 Å². The summed E-state index contributed by atoms with van der Waals surface area (Å²) in [7, 11) is 1.60. The van der Waals surface area contributed by atoms with Crippen LogP contribution in [0.4, 0.5) is 11.4 Å². The van der Waals surface area contributed by atoms with E-state index in [9.17, 15) is 14.9 Å². The second kappa shape index (κ2) is 9.24. The first kappa shape index (κ1) is 20.4. The third-order valence-electron chi connectivity index (χ3n) is 3.94. The number of carbonyl (C=O) groups excluding carboxylic acids is 1. The van der Waals surface area contributed by atoms with Crippen molar-refractivity contribution in [1.82, 2.24) is 10.3 Å². The van der Waals surface area contributed by atoms with Gasteiger partial charge in [0.05, 0.1) is 12.0 Å². The quantitative estimate of drug-likeness (QED) is 0.181. The Balaban J connectivity index is 1.85. The van der Waals surface area contributed by atoms with E-state index in [2.05, 4.69) is 15.6 Å². The Morgan fingerprint density at radius 2 is 2.00 bits per heavy atom. The van der Waals surface area contributed by atoms with Crippen LogP contribution in [0.2, 0.25) is 0 Å². The number of nitro groups is 1. The molecule has 0 spiro atoms. The SMILES string of the molecule is COc1ccc(CSc2cc(NCCOC(C)=O)c([N+](=O)[O-])c3nonc23)cc1. The Labute approximate surface area is 169 Å². The molecule has 0 bridgehead atoms. The van der Waals surface area contributed by atoms with Crippen LogP contribution in [0.1, 0.15) is 12.5 Å². The summed E-state index contributed by atoms with van der Waals surface area (Å²) in [4.78, 5) is 22.6. The first-order valence-electron chi connectivity index (χ1n) is 8.56. The van der Waals surface area contributed by atoms with Crippen molar-refractivity contribution in [3.63, 3.8) is 0 Å². The number of nitrogens with one attached hydrogen (secondary N) is 1. The van der Waals surface area contributed by atoms with Gasteiger partial charge in [-0.15, -0.1) is 11.8 Å². The molecule has 0 fully saturated rings. The zero-order chi connectivity index (χ0) is 20.8. The van der Waals surface area contributed by atoms with E-state index in [4.69, 9.17) is 14.1 Å². The maximum absolute atomic E-state index is 11.6. The van der Waals surface area contributed by atoms with Crippen LogP contribution in [-0.2, 0) is 15.3 Å². The molecule has 0 aliphatic rings. The number of rotatable bonds is 9. The lowest BCUT2D eigenvalue weighted by Gasteiger charge is -2.10. The van der Waals surface area contributed by atoms with Gasteiger partial charge < -0.3 is 14.8 Å². The van der Waals surface area contributed by atoms with E-state index in [1.165, 1.54) is 18.7 Å². The summed E-state index contributed by atoms with van der Waals surface area (Å²) in [6, 6.07) is 9.23. The summed E-state index contributed by atoms with van der Waals surface area (Å²) in [5.41, 5.74) is 1.44. The standard InChI is InChI=1S/C18H18N4O6S/c1-11(23)27-8-7-19-14-9-15(16-17(21-28-20-16)18(14)22(24)25)29-10-12-3-5-13(26-2)6-4-12/h3-6,9,19H,7-8,10H2,1-2H3. The minimum absolute atomic E-state index is 0.0599. The van der Waals surface area contributed by atoms with Crippen LogP contribution in [0.25, 0.3) is 11.0 Å². The maximum Gasteiger partial charge on any atom is 0.323 e. The van der Waals surface area contributed by atoms with Crippen molar-refractivity contribution in [2.75, 3.05) is 25.6 Å². The second-order valence-corrected chi connectivity index (χ2v) is 6.91. The zero-order valence-corrected chi connectivity index (χ0v) is 16.5. The largest absolute Gasteiger partial charge is 0.497 e. The zero-order valence-electron chi connectivity index (χ0n) is 15.7. The molecule has 1 N–H and O–H groups in total. The number of carbonyl (C=O) groups is 1. The fourth-order valence-electron chi connectivity index (χ4n) is 2.59.